The van der Waals surface area contributed by atoms with E-state index in [1.54, 1.807) is 17.1 Å². The minimum atomic E-state index is -0.0681. The van der Waals surface area contributed by atoms with E-state index in [1.807, 2.05) is 24.8 Å². The second kappa shape index (κ2) is 7.82. The summed E-state index contributed by atoms with van der Waals surface area (Å²) in [6, 6.07) is 0. The van der Waals surface area contributed by atoms with Crippen LogP contribution in [0.2, 0.25) is 0 Å². The molecule has 0 unspecified atom stereocenters. The lowest BCUT2D eigenvalue weighted by Gasteiger charge is -2.35. The summed E-state index contributed by atoms with van der Waals surface area (Å²) in [5, 5.41) is 7.05. The predicted molar refractivity (Wildman–Crippen MR) is 94.0 cm³/mol. The molecule has 2 heterocycles. The minimum absolute atomic E-state index is 0.0120. The van der Waals surface area contributed by atoms with Gasteiger partial charge < -0.3 is 15.0 Å². The van der Waals surface area contributed by atoms with E-state index in [2.05, 4.69) is 10.4 Å². The summed E-state index contributed by atoms with van der Waals surface area (Å²) < 4.78 is 7.22. The number of nitrogens with one attached hydrogen (secondary N) is 1. The van der Waals surface area contributed by atoms with E-state index in [1.165, 1.54) is 0 Å². The number of anilines is 1. The molecule has 0 bridgehead atoms. The quantitative estimate of drug-likeness (QED) is 0.904. The SMILES string of the molecule is C[C@H]1CN(C(=O)Cn2cc(NC(=O)C3=CCCCC3)cn2)C[C@H](C)O1. The van der Waals surface area contributed by atoms with Gasteiger partial charge in [-0.1, -0.05) is 6.08 Å². The maximum Gasteiger partial charge on any atom is 0.251 e. The van der Waals surface area contributed by atoms with Crippen molar-refractivity contribution in [3.8, 4) is 0 Å². The van der Waals surface area contributed by atoms with Crippen molar-refractivity contribution in [2.75, 3.05) is 18.4 Å². The van der Waals surface area contributed by atoms with Crippen molar-refractivity contribution in [1.82, 2.24) is 14.7 Å². The highest BCUT2D eigenvalue weighted by molar-refractivity contribution is 6.03. The highest BCUT2D eigenvalue weighted by Gasteiger charge is 2.26. The van der Waals surface area contributed by atoms with Crippen LogP contribution in [0.15, 0.2) is 24.0 Å². The third kappa shape index (κ3) is 4.69. The highest BCUT2D eigenvalue weighted by Crippen LogP contribution is 2.19. The molecule has 7 heteroatoms. The number of hydrogen-bond acceptors (Lipinski definition) is 4. The van der Waals surface area contributed by atoms with Crippen molar-refractivity contribution >= 4 is 17.5 Å². The van der Waals surface area contributed by atoms with E-state index >= 15 is 0 Å². The number of ether oxygens (including phenoxy) is 1. The molecular formula is C18H26N4O3. The monoisotopic (exact) mass is 346 g/mol. The normalized spacial score (nSPS) is 23.9. The van der Waals surface area contributed by atoms with Crippen LogP contribution >= 0.6 is 0 Å². The Morgan fingerprint density at radius 2 is 2.04 bits per heavy atom. The molecule has 1 N–H and O–H groups in total. The number of rotatable bonds is 4. The van der Waals surface area contributed by atoms with Crippen LogP contribution in [-0.2, 0) is 20.9 Å². The predicted octanol–water partition coefficient (Wildman–Crippen LogP) is 1.96. The highest BCUT2D eigenvalue weighted by atomic mass is 16.5. The summed E-state index contributed by atoms with van der Waals surface area (Å²) in [6.45, 7) is 5.30. The van der Waals surface area contributed by atoms with Gasteiger partial charge in [0.25, 0.3) is 5.91 Å². The van der Waals surface area contributed by atoms with Crippen LogP contribution in [-0.4, -0.2) is 51.8 Å². The van der Waals surface area contributed by atoms with Gasteiger partial charge in [-0.25, -0.2) is 0 Å². The van der Waals surface area contributed by atoms with Crippen LogP contribution in [0.1, 0.15) is 39.5 Å². The van der Waals surface area contributed by atoms with Crippen LogP contribution in [0.5, 0.6) is 0 Å². The Kier molecular flexibility index (Phi) is 5.53. The van der Waals surface area contributed by atoms with Crippen molar-refractivity contribution in [3.05, 3.63) is 24.0 Å². The third-order valence-corrected chi connectivity index (χ3v) is 4.54. The summed E-state index contributed by atoms with van der Waals surface area (Å²) >= 11 is 0. The van der Waals surface area contributed by atoms with E-state index in [0.29, 0.717) is 18.8 Å². The molecule has 1 aromatic heterocycles. The lowest BCUT2D eigenvalue weighted by atomic mass is 9.99. The first kappa shape index (κ1) is 17.7. The van der Waals surface area contributed by atoms with Gasteiger partial charge in [-0.2, -0.15) is 5.10 Å². The topological polar surface area (TPSA) is 76.5 Å². The van der Waals surface area contributed by atoms with Gasteiger partial charge in [0.05, 0.1) is 24.1 Å². The summed E-state index contributed by atoms with van der Waals surface area (Å²) in [5.41, 5.74) is 1.46. The fourth-order valence-electron chi connectivity index (χ4n) is 3.39. The van der Waals surface area contributed by atoms with Crippen molar-refractivity contribution < 1.29 is 14.3 Å². The van der Waals surface area contributed by atoms with E-state index in [4.69, 9.17) is 4.74 Å². The molecule has 1 fully saturated rings. The summed E-state index contributed by atoms with van der Waals surface area (Å²) in [4.78, 5) is 26.5. The number of carbonyl (C=O) groups is 2. The van der Waals surface area contributed by atoms with Crippen LogP contribution in [0.4, 0.5) is 5.69 Å². The fourth-order valence-corrected chi connectivity index (χ4v) is 3.39. The largest absolute Gasteiger partial charge is 0.372 e. The van der Waals surface area contributed by atoms with Crippen LogP contribution in [0.3, 0.4) is 0 Å². The van der Waals surface area contributed by atoms with Gasteiger partial charge in [0.1, 0.15) is 6.54 Å². The first-order chi connectivity index (χ1) is 12.0. The first-order valence-corrected chi connectivity index (χ1v) is 8.97. The fraction of sp³-hybridized carbons (Fsp3) is 0.611. The standard InChI is InChI=1S/C18H26N4O3/c1-13-9-21(10-14(2)25-13)17(23)12-22-11-16(8-19-22)20-18(24)15-6-4-3-5-7-15/h6,8,11,13-14H,3-5,7,9-10,12H2,1-2H3,(H,20,24)/t13-,14-/m0/s1. The number of amides is 2. The molecule has 2 amide bonds. The van der Waals surface area contributed by atoms with Crippen molar-refractivity contribution in [1.29, 1.82) is 0 Å². The first-order valence-electron chi connectivity index (χ1n) is 8.97. The zero-order valence-corrected chi connectivity index (χ0v) is 14.9. The molecule has 1 aliphatic heterocycles. The molecule has 2 atom stereocenters. The smallest absolute Gasteiger partial charge is 0.251 e. The van der Waals surface area contributed by atoms with Gasteiger partial charge >= 0.3 is 0 Å². The maximum absolute atomic E-state index is 12.5. The number of morpholine rings is 1. The van der Waals surface area contributed by atoms with Crippen molar-refractivity contribution in [2.45, 2.75) is 58.3 Å². The molecule has 1 aromatic rings. The molecule has 1 saturated heterocycles. The number of hydrogen-bond donors (Lipinski definition) is 1. The lowest BCUT2D eigenvalue weighted by Crippen LogP contribution is -2.49. The van der Waals surface area contributed by atoms with Crippen molar-refractivity contribution in [2.24, 2.45) is 0 Å². The zero-order chi connectivity index (χ0) is 17.8. The minimum Gasteiger partial charge on any atom is -0.372 e. The maximum atomic E-state index is 12.5. The molecule has 0 saturated carbocycles. The molecule has 2 aliphatic rings. The molecular weight excluding hydrogens is 320 g/mol. The van der Waals surface area contributed by atoms with Crippen LogP contribution in [0, 0.1) is 0 Å². The second-order valence-corrected chi connectivity index (χ2v) is 6.91. The van der Waals surface area contributed by atoms with Gasteiger partial charge in [0.2, 0.25) is 5.91 Å². The zero-order valence-electron chi connectivity index (χ0n) is 14.9. The molecule has 3 rings (SSSR count). The summed E-state index contributed by atoms with van der Waals surface area (Å²) in [6.07, 6.45) is 9.38. The Morgan fingerprint density at radius 3 is 2.72 bits per heavy atom. The number of aromatic nitrogens is 2. The molecule has 1 aliphatic carbocycles. The van der Waals surface area contributed by atoms with Gasteiger partial charge in [0.15, 0.2) is 0 Å². The van der Waals surface area contributed by atoms with Crippen LogP contribution in [0.25, 0.3) is 0 Å². The van der Waals surface area contributed by atoms with Gasteiger partial charge in [-0.3, -0.25) is 14.3 Å². The Bertz CT molecular complexity index is 657. The Balaban J connectivity index is 1.55. The Morgan fingerprint density at radius 1 is 1.28 bits per heavy atom. The summed E-state index contributed by atoms with van der Waals surface area (Å²) in [5.74, 6) is -0.0561. The average molecular weight is 346 g/mol. The number of carbonyl (C=O) groups excluding carboxylic acids is 2. The molecule has 136 valence electrons. The second-order valence-electron chi connectivity index (χ2n) is 6.91. The molecule has 0 spiro atoms. The van der Waals surface area contributed by atoms with Gasteiger partial charge in [0, 0.05) is 24.9 Å². The summed E-state index contributed by atoms with van der Waals surface area (Å²) in [7, 11) is 0. The Hall–Kier alpha value is -2.15. The lowest BCUT2D eigenvalue weighted by molar-refractivity contribution is -0.144. The number of allylic oxidation sites excluding steroid dienone is 1. The number of nitrogens with zero attached hydrogens (tertiary/aromatic N) is 3. The average Bonchev–Trinajstić information content (AvgIpc) is 3.01. The molecule has 0 aromatic carbocycles. The van der Waals surface area contributed by atoms with Gasteiger partial charge in [-0.15, -0.1) is 0 Å². The molecule has 0 radical (unpaired) electrons. The van der Waals surface area contributed by atoms with E-state index < -0.39 is 0 Å². The van der Waals surface area contributed by atoms with Crippen LogP contribution < -0.4 is 5.32 Å². The van der Waals surface area contributed by atoms with E-state index in [-0.39, 0.29) is 30.6 Å². The van der Waals surface area contributed by atoms with E-state index in [9.17, 15) is 9.59 Å². The molecule has 7 nitrogen and oxygen atoms in total. The molecule has 25 heavy (non-hydrogen) atoms. The third-order valence-electron chi connectivity index (χ3n) is 4.54. The van der Waals surface area contributed by atoms with Gasteiger partial charge in [-0.05, 0) is 39.5 Å². The van der Waals surface area contributed by atoms with E-state index in [0.717, 1.165) is 31.3 Å². The Labute approximate surface area is 148 Å². The van der Waals surface area contributed by atoms with Crippen molar-refractivity contribution in [3.63, 3.8) is 0 Å².